The molecule has 3 heterocycles. The average Bonchev–Trinajstić information content (AvgIpc) is 3.09. The first kappa shape index (κ1) is 16.9. The second-order valence-electron chi connectivity index (χ2n) is 7.30. The van der Waals surface area contributed by atoms with Crippen molar-refractivity contribution in [1.29, 1.82) is 0 Å². The van der Waals surface area contributed by atoms with Gasteiger partial charge < -0.3 is 14.7 Å². The number of carbonyl (C=O) groups excluding carboxylic acids is 2. The Kier molecular flexibility index (Phi) is 4.58. The number of carbonyl (C=O) groups is 2. The third kappa shape index (κ3) is 2.90. The normalized spacial score (nSPS) is 30.5. The summed E-state index contributed by atoms with van der Waals surface area (Å²) in [6.45, 7) is 3.68. The minimum absolute atomic E-state index is 0.0265. The van der Waals surface area contributed by atoms with E-state index in [-0.39, 0.29) is 30.2 Å². The van der Waals surface area contributed by atoms with Crippen molar-refractivity contribution < 1.29 is 9.59 Å². The fraction of sp³-hybridized carbons (Fsp3) is 0.611. The Balaban J connectivity index is 1.82. The van der Waals surface area contributed by atoms with Gasteiger partial charge >= 0.3 is 0 Å². The van der Waals surface area contributed by atoms with Crippen molar-refractivity contribution in [2.75, 3.05) is 34.2 Å². The molecule has 4 atom stereocenters. The molecule has 1 aromatic heterocycles. The molecule has 0 aromatic carbocycles. The molecule has 0 N–H and O–H groups in total. The molecule has 1 aromatic rings. The van der Waals surface area contributed by atoms with E-state index in [1.54, 1.807) is 24.3 Å². The van der Waals surface area contributed by atoms with E-state index in [1.807, 2.05) is 17.0 Å². The number of rotatable bonds is 3. The van der Waals surface area contributed by atoms with Gasteiger partial charge in [-0.2, -0.15) is 0 Å². The zero-order valence-electron chi connectivity index (χ0n) is 14.8. The van der Waals surface area contributed by atoms with Crippen LogP contribution in [0.2, 0.25) is 0 Å². The SMILES string of the molecule is CC1CN(C(=O)C2CC(=O)N(C)C2c2cccnc2)CC1N(C)C. The quantitative estimate of drug-likeness (QED) is 0.830. The molecule has 130 valence electrons. The van der Waals surface area contributed by atoms with Crippen molar-refractivity contribution in [1.82, 2.24) is 19.7 Å². The lowest BCUT2D eigenvalue weighted by Gasteiger charge is -2.28. The van der Waals surface area contributed by atoms with E-state index >= 15 is 0 Å². The number of aromatic nitrogens is 1. The summed E-state index contributed by atoms with van der Waals surface area (Å²) in [4.78, 5) is 35.4. The smallest absolute Gasteiger partial charge is 0.228 e. The van der Waals surface area contributed by atoms with Crippen LogP contribution in [0.4, 0.5) is 0 Å². The highest BCUT2D eigenvalue weighted by atomic mass is 16.2. The Hall–Kier alpha value is -1.95. The molecule has 24 heavy (non-hydrogen) atoms. The second-order valence-corrected chi connectivity index (χ2v) is 7.30. The fourth-order valence-corrected chi connectivity index (χ4v) is 4.13. The highest BCUT2D eigenvalue weighted by Gasteiger charge is 2.46. The number of hydrogen-bond donors (Lipinski definition) is 0. The number of likely N-dealkylation sites (tertiary alicyclic amines) is 2. The first-order valence-electron chi connectivity index (χ1n) is 8.51. The maximum Gasteiger partial charge on any atom is 0.228 e. The van der Waals surface area contributed by atoms with Crippen molar-refractivity contribution in [2.24, 2.45) is 11.8 Å². The molecular formula is C18H26N4O2. The van der Waals surface area contributed by atoms with Crippen LogP contribution in [-0.4, -0.2) is 71.8 Å². The van der Waals surface area contributed by atoms with E-state index in [9.17, 15) is 9.59 Å². The predicted molar refractivity (Wildman–Crippen MR) is 91.1 cm³/mol. The van der Waals surface area contributed by atoms with E-state index in [0.29, 0.717) is 12.0 Å². The van der Waals surface area contributed by atoms with Crippen LogP contribution in [0.1, 0.15) is 24.9 Å². The summed E-state index contributed by atoms with van der Waals surface area (Å²) in [5.74, 6) is 0.242. The van der Waals surface area contributed by atoms with Crippen LogP contribution in [0.5, 0.6) is 0 Å². The summed E-state index contributed by atoms with van der Waals surface area (Å²) in [7, 11) is 5.89. The molecule has 0 spiro atoms. The van der Waals surface area contributed by atoms with Crippen LogP contribution in [0.25, 0.3) is 0 Å². The predicted octanol–water partition coefficient (Wildman–Crippen LogP) is 1.01. The summed E-state index contributed by atoms with van der Waals surface area (Å²) in [6.07, 6.45) is 3.75. The highest BCUT2D eigenvalue weighted by Crippen LogP contribution is 2.38. The fourth-order valence-electron chi connectivity index (χ4n) is 4.13. The minimum Gasteiger partial charge on any atom is -0.340 e. The molecule has 2 saturated heterocycles. The molecule has 2 aliphatic heterocycles. The van der Waals surface area contributed by atoms with Crippen LogP contribution < -0.4 is 0 Å². The third-order valence-corrected chi connectivity index (χ3v) is 5.48. The summed E-state index contributed by atoms with van der Waals surface area (Å²) in [5, 5.41) is 0. The molecule has 0 aliphatic carbocycles. The lowest BCUT2D eigenvalue weighted by molar-refractivity contribution is -0.135. The Morgan fingerprint density at radius 1 is 1.33 bits per heavy atom. The first-order valence-corrected chi connectivity index (χ1v) is 8.51. The molecule has 2 amide bonds. The Labute approximate surface area is 143 Å². The van der Waals surface area contributed by atoms with E-state index in [1.165, 1.54) is 0 Å². The molecular weight excluding hydrogens is 304 g/mol. The van der Waals surface area contributed by atoms with Gasteiger partial charge in [-0.05, 0) is 31.6 Å². The molecule has 6 nitrogen and oxygen atoms in total. The van der Waals surface area contributed by atoms with Gasteiger partial charge in [0.15, 0.2) is 0 Å². The molecule has 0 bridgehead atoms. The van der Waals surface area contributed by atoms with Crippen LogP contribution in [0.3, 0.4) is 0 Å². The lowest BCUT2D eigenvalue weighted by atomic mass is 9.93. The van der Waals surface area contributed by atoms with Gasteiger partial charge in [0, 0.05) is 45.0 Å². The Morgan fingerprint density at radius 3 is 2.67 bits per heavy atom. The number of hydrogen-bond acceptors (Lipinski definition) is 4. The summed E-state index contributed by atoms with van der Waals surface area (Å²) >= 11 is 0. The number of likely N-dealkylation sites (N-methyl/N-ethyl adjacent to an activating group) is 1. The molecule has 4 unspecified atom stereocenters. The van der Waals surface area contributed by atoms with Gasteiger partial charge in [0.1, 0.15) is 0 Å². The average molecular weight is 330 g/mol. The molecule has 3 rings (SSSR count). The monoisotopic (exact) mass is 330 g/mol. The summed E-state index contributed by atoms with van der Waals surface area (Å²) < 4.78 is 0. The van der Waals surface area contributed by atoms with Crippen molar-refractivity contribution in [3.63, 3.8) is 0 Å². The van der Waals surface area contributed by atoms with Crippen LogP contribution in [0.15, 0.2) is 24.5 Å². The first-order chi connectivity index (χ1) is 11.4. The van der Waals surface area contributed by atoms with Crippen LogP contribution >= 0.6 is 0 Å². The van der Waals surface area contributed by atoms with E-state index in [2.05, 4.69) is 30.9 Å². The Morgan fingerprint density at radius 2 is 2.08 bits per heavy atom. The minimum atomic E-state index is -0.320. The highest BCUT2D eigenvalue weighted by molar-refractivity contribution is 5.90. The van der Waals surface area contributed by atoms with Crippen LogP contribution in [0, 0.1) is 11.8 Å². The zero-order chi connectivity index (χ0) is 17.4. The van der Waals surface area contributed by atoms with Crippen LogP contribution in [-0.2, 0) is 9.59 Å². The molecule has 2 aliphatic rings. The molecule has 0 saturated carbocycles. The van der Waals surface area contributed by atoms with E-state index in [0.717, 1.165) is 18.7 Å². The van der Waals surface area contributed by atoms with Gasteiger partial charge in [0.2, 0.25) is 11.8 Å². The molecule has 6 heteroatoms. The van der Waals surface area contributed by atoms with Crippen molar-refractivity contribution >= 4 is 11.8 Å². The third-order valence-electron chi connectivity index (χ3n) is 5.48. The van der Waals surface area contributed by atoms with Gasteiger partial charge in [0.25, 0.3) is 0 Å². The van der Waals surface area contributed by atoms with E-state index < -0.39 is 0 Å². The van der Waals surface area contributed by atoms with Gasteiger partial charge in [-0.15, -0.1) is 0 Å². The number of amides is 2. The topological polar surface area (TPSA) is 56.8 Å². The van der Waals surface area contributed by atoms with Crippen molar-refractivity contribution in [3.05, 3.63) is 30.1 Å². The lowest BCUT2D eigenvalue weighted by Crippen LogP contribution is -2.39. The van der Waals surface area contributed by atoms with Gasteiger partial charge in [-0.25, -0.2) is 0 Å². The number of nitrogens with zero attached hydrogens (tertiary/aromatic N) is 4. The maximum atomic E-state index is 13.1. The van der Waals surface area contributed by atoms with Gasteiger partial charge in [-0.1, -0.05) is 13.0 Å². The van der Waals surface area contributed by atoms with Crippen molar-refractivity contribution in [3.8, 4) is 0 Å². The molecule has 0 radical (unpaired) electrons. The summed E-state index contributed by atoms with van der Waals surface area (Å²) in [5.41, 5.74) is 0.931. The number of pyridine rings is 1. The zero-order valence-corrected chi connectivity index (χ0v) is 14.8. The van der Waals surface area contributed by atoms with Gasteiger partial charge in [-0.3, -0.25) is 14.6 Å². The second kappa shape index (κ2) is 6.51. The standard InChI is InChI=1S/C18H26N4O2/c1-12-10-22(11-15(12)20(2)3)18(24)14-8-16(23)21(4)17(14)13-6-5-7-19-9-13/h5-7,9,12,14-15,17H,8,10-11H2,1-4H3. The Bertz CT molecular complexity index is 619. The molecule has 2 fully saturated rings. The van der Waals surface area contributed by atoms with Crippen molar-refractivity contribution in [2.45, 2.75) is 25.4 Å². The summed E-state index contributed by atoms with van der Waals surface area (Å²) in [6, 6.07) is 3.96. The van der Waals surface area contributed by atoms with E-state index in [4.69, 9.17) is 0 Å². The van der Waals surface area contributed by atoms with Gasteiger partial charge in [0.05, 0.1) is 12.0 Å². The largest absolute Gasteiger partial charge is 0.340 e. The maximum absolute atomic E-state index is 13.1.